The lowest BCUT2D eigenvalue weighted by molar-refractivity contribution is -0.117. The van der Waals surface area contributed by atoms with Crippen molar-refractivity contribution in [3.63, 3.8) is 0 Å². The fourth-order valence-electron chi connectivity index (χ4n) is 3.34. The van der Waals surface area contributed by atoms with E-state index in [-0.39, 0.29) is 11.8 Å². The van der Waals surface area contributed by atoms with Crippen molar-refractivity contribution < 1.29 is 9.59 Å². The smallest absolute Gasteiger partial charge is 0.252 e. The van der Waals surface area contributed by atoms with Crippen LogP contribution in [0.3, 0.4) is 0 Å². The van der Waals surface area contributed by atoms with E-state index in [0.717, 1.165) is 35.0 Å². The van der Waals surface area contributed by atoms with Gasteiger partial charge in [-0.2, -0.15) is 0 Å². The molecule has 1 aliphatic heterocycles. The van der Waals surface area contributed by atoms with Crippen molar-refractivity contribution in [3.8, 4) is 0 Å². The first-order valence-corrected chi connectivity index (χ1v) is 8.72. The van der Waals surface area contributed by atoms with Crippen LogP contribution in [-0.4, -0.2) is 23.3 Å². The van der Waals surface area contributed by atoms with Gasteiger partial charge in [0.1, 0.15) is 0 Å². The van der Waals surface area contributed by atoms with Crippen molar-refractivity contribution in [2.24, 2.45) is 0 Å². The minimum absolute atomic E-state index is 0.121. The first-order chi connectivity index (χ1) is 12.7. The fourth-order valence-corrected chi connectivity index (χ4v) is 3.34. The molecule has 1 fully saturated rings. The quantitative estimate of drug-likeness (QED) is 0.789. The Hall–Kier alpha value is -3.21. The molecular formula is C21H19N3O2. The minimum Gasteiger partial charge on any atom is -0.348 e. The molecule has 0 bridgehead atoms. The number of hydrogen-bond acceptors (Lipinski definition) is 3. The summed E-state index contributed by atoms with van der Waals surface area (Å²) in [5, 5.41) is 4.92. The summed E-state index contributed by atoms with van der Waals surface area (Å²) < 4.78 is 0. The van der Waals surface area contributed by atoms with Crippen molar-refractivity contribution in [2.75, 3.05) is 11.4 Å². The Bertz CT molecular complexity index is 978. The summed E-state index contributed by atoms with van der Waals surface area (Å²) in [7, 11) is 0. The van der Waals surface area contributed by atoms with Crippen LogP contribution in [0.2, 0.25) is 0 Å². The number of nitrogens with one attached hydrogen (secondary N) is 1. The van der Waals surface area contributed by atoms with Gasteiger partial charge in [0.15, 0.2) is 0 Å². The Morgan fingerprint density at radius 3 is 2.81 bits per heavy atom. The second kappa shape index (κ2) is 6.96. The van der Waals surface area contributed by atoms with E-state index in [1.54, 1.807) is 17.3 Å². The van der Waals surface area contributed by atoms with Crippen LogP contribution in [-0.2, 0) is 11.3 Å². The van der Waals surface area contributed by atoms with E-state index in [9.17, 15) is 9.59 Å². The van der Waals surface area contributed by atoms with Crippen molar-refractivity contribution in [1.29, 1.82) is 0 Å². The number of carbonyl (C=O) groups excluding carboxylic acids is 2. The monoisotopic (exact) mass is 345 g/mol. The van der Waals surface area contributed by atoms with Crippen LogP contribution in [0.1, 0.15) is 28.8 Å². The van der Waals surface area contributed by atoms with Gasteiger partial charge in [-0.05, 0) is 34.9 Å². The van der Waals surface area contributed by atoms with E-state index < -0.39 is 0 Å². The summed E-state index contributed by atoms with van der Waals surface area (Å²) in [5.74, 6) is 0.00759. The molecule has 2 aromatic carbocycles. The Morgan fingerprint density at radius 1 is 1.12 bits per heavy atom. The molecule has 1 aliphatic rings. The normalized spacial score (nSPS) is 14.0. The highest BCUT2D eigenvalue weighted by molar-refractivity contribution is 6.07. The summed E-state index contributed by atoms with van der Waals surface area (Å²) in [4.78, 5) is 30.5. The lowest BCUT2D eigenvalue weighted by Gasteiger charge is -2.16. The SMILES string of the molecule is O=C(NCc1cncc(N2CCCC2=O)c1)c1cccc2ccccc12. The number of pyridine rings is 1. The zero-order chi connectivity index (χ0) is 17.9. The van der Waals surface area contributed by atoms with Crippen molar-refractivity contribution in [2.45, 2.75) is 19.4 Å². The van der Waals surface area contributed by atoms with E-state index in [0.29, 0.717) is 18.5 Å². The van der Waals surface area contributed by atoms with Crippen molar-refractivity contribution >= 4 is 28.3 Å². The zero-order valence-electron chi connectivity index (χ0n) is 14.3. The molecule has 1 saturated heterocycles. The van der Waals surface area contributed by atoms with E-state index in [2.05, 4.69) is 10.3 Å². The van der Waals surface area contributed by atoms with Crippen LogP contribution in [0.4, 0.5) is 5.69 Å². The number of nitrogens with zero attached hydrogens (tertiary/aromatic N) is 2. The first kappa shape index (κ1) is 16.3. The largest absolute Gasteiger partial charge is 0.348 e. The van der Waals surface area contributed by atoms with Crippen LogP contribution in [0, 0.1) is 0 Å². The number of amides is 2. The third-order valence-corrected chi connectivity index (χ3v) is 4.65. The minimum atomic E-state index is -0.121. The van der Waals surface area contributed by atoms with Gasteiger partial charge in [0, 0.05) is 31.3 Å². The van der Waals surface area contributed by atoms with E-state index >= 15 is 0 Å². The van der Waals surface area contributed by atoms with Gasteiger partial charge >= 0.3 is 0 Å². The highest BCUT2D eigenvalue weighted by Gasteiger charge is 2.22. The molecule has 2 heterocycles. The molecule has 0 aliphatic carbocycles. The van der Waals surface area contributed by atoms with Gasteiger partial charge in [0.25, 0.3) is 5.91 Å². The topological polar surface area (TPSA) is 62.3 Å². The van der Waals surface area contributed by atoms with Crippen LogP contribution in [0.15, 0.2) is 60.9 Å². The third-order valence-electron chi connectivity index (χ3n) is 4.65. The molecule has 26 heavy (non-hydrogen) atoms. The maximum atomic E-state index is 12.6. The molecule has 4 rings (SSSR count). The Balaban J connectivity index is 1.50. The van der Waals surface area contributed by atoms with Crippen molar-refractivity contribution in [1.82, 2.24) is 10.3 Å². The van der Waals surface area contributed by atoms with E-state index in [1.807, 2.05) is 48.5 Å². The molecule has 0 saturated carbocycles. The maximum absolute atomic E-state index is 12.6. The van der Waals surface area contributed by atoms with Crippen LogP contribution in [0.25, 0.3) is 10.8 Å². The predicted octanol–water partition coefficient (Wildman–Crippen LogP) is 3.29. The molecule has 5 nitrogen and oxygen atoms in total. The van der Waals surface area contributed by atoms with Gasteiger partial charge in [-0.15, -0.1) is 0 Å². The number of aromatic nitrogens is 1. The van der Waals surface area contributed by atoms with Gasteiger partial charge in [-0.1, -0.05) is 36.4 Å². The number of anilines is 1. The number of rotatable bonds is 4. The van der Waals surface area contributed by atoms with Crippen LogP contribution < -0.4 is 10.2 Å². The van der Waals surface area contributed by atoms with E-state index in [4.69, 9.17) is 0 Å². The summed E-state index contributed by atoms with van der Waals surface area (Å²) in [5.41, 5.74) is 2.32. The zero-order valence-corrected chi connectivity index (χ0v) is 14.3. The summed E-state index contributed by atoms with van der Waals surface area (Å²) in [6.45, 7) is 1.09. The Labute approximate surface area is 151 Å². The predicted molar refractivity (Wildman–Crippen MR) is 101 cm³/mol. The van der Waals surface area contributed by atoms with Gasteiger partial charge in [0.2, 0.25) is 5.91 Å². The van der Waals surface area contributed by atoms with Gasteiger partial charge < -0.3 is 10.2 Å². The van der Waals surface area contributed by atoms with E-state index in [1.165, 1.54) is 0 Å². The Kier molecular flexibility index (Phi) is 4.35. The molecular weight excluding hydrogens is 326 g/mol. The third kappa shape index (κ3) is 3.16. The molecule has 0 spiro atoms. The van der Waals surface area contributed by atoms with Crippen LogP contribution >= 0.6 is 0 Å². The number of carbonyl (C=O) groups is 2. The van der Waals surface area contributed by atoms with Gasteiger partial charge in [0.05, 0.1) is 11.9 Å². The average molecular weight is 345 g/mol. The lowest BCUT2D eigenvalue weighted by atomic mass is 10.0. The average Bonchev–Trinajstić information content (AvgIpc) is 3.12. The standard InChI is InChI=1S/C21H19N3O2/c25-20-9-4-10-24(20)17-11-15(12-22-14-17)13-23-21(26)19-8-3-6-16-5-1-2-7-18(16)19/h1-3,5-8,11-12,14H,4,9-10,13H2,(H,23,26). The molecule has 1 N–H and O–H groups in total. The van der Waals surface area contributed by atoms with Gasteiger partial charge in [-0.25, -0.2) is 0 Å². The number of hydrogen-bond donors (Lipinski definition) is 1. The van der Waals surface area contributed by atoms with Gasteiger partial charge in [-0.3, -0.25) is 14.6 Å². The molecule has 0 unspecified atom stereocenters. The molecule has 130 valence electrons. The number of benzene rings is 2. The molecule has 3 aromatic rings. The Morgan fingerprint density at radius 2 is 1.96 bits per heavy atom. The summed E-state index contributed by atoms with van der Waals surface area (Å²) in [6, 6.07) is 15.5. The highest BCUT2D eigenvalue weighted by Crippen LogP contribution is 2.22. The summed E-state index contributed by atoms with van der Waals surface area (Å²) in [6.07, 6.45) is 4.87. The van der Waals surface area contributed by atoms with Crippen LogP contribution in [0.5, 0.6) is 0 Å². The number of fused-ring (bicyclic) bond motifs is 1. The molecule has 0 atom stereocenters. The molecule has 0 radical (unpaired) electrons. The first-order valence-electron chi connectivity index (χ1n) is 8.72. The second-order valence-corrected chi connectivity index (χ2v) is 6.41. The molecule has 1 aromatic heterocycles. The highest BCUT2D eigenvalue weighted by atomic mass is 16.2. The fraction of sp³-hybridized carbons (Fsp3) is 0.190. The molecule has 5 heteroatoms. The lowest BCUT2D eigenvalue weighted by Crippen LogP contribution is -2.25. The molecule has 2 amide bonds. The summed E-state index contributed by atoms with van der Waals surface area (Å²) >= 11 is 0. The second-order valence-electron chi connectivity index (χ2n) is 6.41. The maximum Gasteiger partial charge on any atom is 0.252 e. The van der Waals surface area contributed by atoms with Crippen molar-refractivity contribution in [3.05, 3.63) is 72.1 Å².